The lowest BCUT2D eigenvalue weighted by atomic mass is 10.2. The van der Waals surface area contributed by atoms with E-state index in [9.17, 15) is 14.4 Å². The van der Waals surface area contributed by atoms with Crippen LogP contribution in [0, 0.1) is 5.92 Å². The summed E-state index contributed by atoms with van der Waals surface area (Å²) in [4.78, 5) is 32.7. The van der Waals surface area contributed by atoms with Crippen LogP contribution in [0.25, 0.3) is 0 Å². The monoisotopic (exact) mass is 245 g/mol. The number of carbonyl (C=O) groups excluding carboxylic acids is 2. The van der Waals surface area contributed by atoms with Gasteiger partial charge in [-0.1, -0.05) is 13.8 Å². The highest BCUT2D eigenvalue weighted by atomic mass is 16.4. The molecule has 5 N–H and O–H groups in total. The van der Waals surface area contributed by atoms with Crippen molar-refractivity contribution in [3.8, 4) is 0 Å². The number of rotatable bonds is 7. The molecule has 0 saturated heterocycles. The summed E-state index contributed by atoms with van der Waals surface area (Å²) in [6.45, 7) is 4.04. The molecular formula is C10H19N3O4. The fourth-order valence-electron chi connectivity index (χ4n) is 0.987. The molecule has 0 bridgehead atoms. The molecule has 1 unspecified atom stereocenters. The normalized spacial score (nSPS) is 12.0. The Labute approximate surface area is 99.7 Å². The fourth-order valence-corrected chi connectivity index (χ4v) is 0.987. The highest BCUT2D eigenvalue weighted by Crippen LogP contribution is 1.90. The quantitative estimate of drug-likeness (QED) is 0.414. The molecule has 0 aromatic carbocycles. The number of amides is 2. The summed E-state index contributed by atoms with van der Waals surface area (Å²) >= 11 is 0. The van der Waals surface area contributed by atoms with Crippen molar-refractivity contribution in [2.45, 2.75) is 26.3 Å². The summed E-state index contributed by atoms with van der Waals surface area (Å²) in [5.74, 6) is -1.87. The number of nitrogens with one attached hydrogen (secondary N) is 2. The topological polar surface area (TPSA) is 122 Å². The van der Waals surface area contributed by atoms with E-state index in [1.807, 2.05) is 0 Å². The lowest BCUT2D eigenvalue weighted by Gasteiger charge is -2.11. The van der Waals surface area contributed by atoms with Gasteiger partial charge in [-0.15, -0.1) is 0 Å². The number of carboxylic acid groups (broad SMARTS) is 1. The van der Waals surface area contributed by atoms with Crippen molar-refractivity contribution in [2.24, 2.45) is 11.7 Å². The summed E-state index contributed by atoms with van der Waals surface area (Å²) in [5, 5.41) is 13.5. The molecular weight excluding hydrogens is 226 g/mol. The van der Waals surface area contributed by atoms with Gasteiger partial charge in [0.05, 0.1) is 12.5 Å². The molecule has 7 heteroatoms. The SMILES string of the molecule is CC(C)C(=O)NCCNC(=O)C(N)CC(=O)O. The molecule has 0 aliphatic heterocycles. The Morgan fingerprint density at radius 3 is 2.00 bits per heavy atom. The number of carbonyl (C=O) groups is 3. The molecule has 98 valence electrons. The Morgan fingerprint density at radius 2 is 1.59 bits per heavy atom. The van der Waals surface area contributed by atoms with Gasteiger partial charge in [0, 0.05) is 19.0 Å². The molecule has 0 heterocycles. The van der Waals surface area contributed by atoms with Gasteiger partial charge < -0.3 is 21.5 Å². The molecule has 0 aliphatic rings. The number of nitrogens with two attached hydrogens (primary N) is 1. The Bertz CT molecular complexity index is 291. The maximum Gasteiger partial charge on any atom is 0.305 e. The van der Waals surface area contributed by atoms with Crippen molar-refractivity contribution >= 4 is 17.8 Å². The van der Waals surface area contributed by atoms with E-state index in [1.165, 1.54) is 0 Å². The highest BCUT2D eigenvalue weighted by molar-refractivity contribution is 5.85. The molecule has 0 aromatic rings. The van der Waals surface area contributed by atoms with Gasteiger partial charge in [0.15, 0.2) is 0 Å². The van der Waals surface area contributed by atoms with Crippen molar-refractivity contribution in [1.82, 2.24) is 10.6 Å². The van der Waals surface area contributed by atoms with E-state index in [2.05, 4.69) is 10.6 Å². The van der Waals surface area contributed by atoms with Crippen LogP contribution in [0.1, 0.15) is 20.3 Å². The molecule has 0 spiro atoms. The standard InChI is InChI=1S/C10H19N3O4/c1-6(2)9(16)12-3-4-13-10(17)7(11)5-8(14)15/h6-7H,3-5,11H2,1-2H3,(H,12,16)(H,13,17)(H,14,15). The average Bonchev–Trinajstić information content (AvgIpc) is 2.22. The highest BCUT2D eigenvalue weighted by Gasteiger charge is 2.16. The number of hydrogen-bond donors (Lipinski definition) is 4. The number of carboxylic acids is 1. The van der Waals surface area contributed by atoms with Crippen molar-refractivity contribution in [3.05, 3.63) is 0 Å². The van der Waals surface area contributed by atoms with E-state index >= 15 is 0 Å². The molecule has 7 nitrogen and oxygen atoms in total. The molecule has 0 fully saturated rings. The van der Waals surface area contributed by atoms with Crippen LogP contribution < -0.4 is 16.4 Å². The maximum absolute atomic E-state index is 11.2. The third-order valence-electron chi connectivity index (χ3n) is 1.98. The number of aliphatic carboxylic acids is 1. The van der Waals surface area contributed by atoms with Gasteiger partial charge in [-0.2, -0.15) is 0 Å². The minimum absolute atomic E-state index is 0.103. The van der Waals surface area contributed by atoms with Crippen LogP contribution in [0.15, 0.2) is 0 Å². The van der Waals surface area contributed by atoms with E-state index < -0.39 is 24.3 Å². The zero-order chi connectivity index (χ0) is 13.4. The Hall–Kier alpha value is -1.63. The first kappa shape index (κ1) is 15.4. The van der Waals surface area contributed by atoms with E-state index in [4.69, 9.17) is 10.8 Å². The van der Waals surface area contributed by atoms with Crippen LogP contribution >= 0.6 is 0 Å². The molecule has 17 heavy (non-hydrogen) atoms. The summed E-state index contributed by atoms with van der Waals surface area (Å²) < 4.78 is 0. The molecule has 0 aromatic heterocycles. The predicted octanol–water partition coefficient (Wildman–Crippen LogP) is -1.32. The van der Waals surface area contributed by atoms with Gasteiger partial charge in [-0.25, -0.2) is 0 Å². The van der Waals surface area contributed by atoms with Crippen LogP contribution in [0.5, 0.6) is 0 Å². The zero-order valence-electron chi connectivity index (χ0n) is 10.0. The third kappa shape index (κ3) is 7.29. The maximum atomic E-state index is 11.2. The number of hydrogen-bond acceptors (Lipinski definition) is 4. The van der Waals surface area contributed by atoms with Crippen LogP contribution in [0.3, 0.4) is 0 Å². The second-order valence-electron chi connectivity index (χ2n) is 3.94. The molecule has 0 saturated carbocycles. The molecule has 2 amide bonds. The first-order valence-electron chi connectivity index (χ1n) is 5.37. The van der Waals surface area contributed by atoms with Gasteiger partial charge in [-0.05, 0) is 0 Å². The predicted molar refractivity (Wildman–Crippen MR) is 61.1 cm³/mol. The Morgan fingerprint density at radius 1 is 1.12 bits per heavy atom. The van der Waals surface area contributed by atoms with Crippen LogP contribution in [-0.2, 0) is 14.4 Å². The third-order valence-corrected chi connectivity index (χ3v) is 1.98. The minimum atomic E-state index is -1.12. The Kier molecular flexibility index (Phi) is 6.88. The summed E-state index contributed by atoms with van der Waals surface area (Å²) in [6.07, 6.45) is -0.413. The van der Waals surface area contributed by atoms with E-state index in [0.717, 1.165) is 0 Å². The van der Waals surface area contributed by atoms with Gasteiger partial charge in [0.2, 0.25) is 11.8 Å². The lowest BCUT2D eigenvalue weighted by Crippen LogP contribution is -2.44. The Balaban J connectivity index is 3.71. The first-order chi connectivity index (χ1) is 7.84. The van der Waals surface area contributed by atoms with Crippen molar-refractivity contribution in [2.75, 3.05) is 13.1 Å². The molecule has 1 atom stereocenters. The largest absolute Gasteiger partial charge is 0.481 e. The van der Waals surface area contributed by atoms with E-state index in [0.29, 0.717) is 6.54 Å². The fraction of sp³-hybridized carbons (Fsp3) is 0.700. The molecule has 0 radical (unpaired) electrons. The van der Waals surface area contributed by atoms with Gasteiger partial charge in [0.1, 0.15) is 0 Å². The summed E-state index contributed by atoms with van der Waals surface area (Å²) in [7, 11) is 0. The summed E-state index contributed by atoms with van der Waals surface area (Å²) in [6, 6.07) is -1.06. The first-order valence-corrected chi connectivity index (χ1v) is 5.37. The summed E-state index contributed by atoms with van der Waals surface area (Å²) in [5.41, 5.74) is 5.33. The smallest absolute Gasteiger partial charge is 0.305 e. The molecule has 0 rings (SSSR count). The van der Waals surface area contributed by atoms with E-state index in [-0.39, 0.29) is 18.4 Å². The van der Waals surface area contributed by atoms with Crippen LogP contribution in [-0.4, -0.2) is 42.0 Å². The zero-order valence-corrected chi connectivity index (χ0v) is 10.0. The minimum Gasteiger partial charge on any atom is -0.481 e. The molecule has 0 aliphatic carbocycles. The van der Waals surface area contributed by atoms with Crippen molar-refractivity contribution in [1.29, 1.82) is 0 Å². The van der Waals surface area contributed by atoms with Gasteiger partial charge in [0.25, 0.3) is 0 Å². The second kappa shape index (κ2) is 7.61. The van der Waals surface area contributed by atoms with Crippen LogP contribution in [0.4, 0.5) is 0 Å². The lowest BCUT2D eigenvalue weighted by molar-refractivity contribution is -0.139. The van der Waals surface area contributed by atoms with E-state index in [1.54, 1.807) is 13.8 Å². The van der Waals surface area contributed by atoms with Crippen molar-refractivity contribution in [3.63, 3.8) is 0 Å². The van der Waals surface area contributed by atoms with Crippen LogP contribution in [0.2, 0.25) is 0 Å². The average molecular weight is 245 g/mol. The van der Waals surface area contributed by atoms with Gasteiger partial charge in [-0.3, -0.25) is 14.4 Å². The second-order valence-corrected chi connectivity index (χ2v) is 3.94. The van der Waals surface area contributed by atoms with Gasteiger partial charge >= 0.3 is 5.97 Å². The van der Waals surface area contributed by atoms with Crippen molar-refractivity contribution < 1.29 is 19.5 Å².